The summed E-state index contributed by atoms with van der Waals surface area (Å²) in [5.74, 6) is -3.57. The summed E-state index contributed by atoms with van der Waals surface area (Å²) in [6.07, 6.45) is 4.95. The molecule has 8 nitrogen and oxygen atoms in total. The molecule has 0 aliphatic heterocycles. The molecular weight excluding hydrogens is 442 g/mol. The van der Waals surface area contributed by atoms with Crippen molar-refractivity contribution in [1.82, 2.24) is 25.8 Å². The lowest BCUT2D eigenvalue weighted by molar-refractivity contribution is 0.0841. The van der Waals surface area contributed by atoms with E-state index in [-0.39, 0.29) is 5.56 Å². The number of hydrogen-bond donors (Lipinski definition) is 3. The van der Waals surface area contributed by atoms with Gasteiger partial charge in [-0.25, -0.2) is 18.7 Å². The van der Waals surface area contributed by atoms with Gasteiger partial charge in [-0.15, -0.1) is 0 Å². The molecule has 2 aromatic heterocycles. The molecule has 170 valence electrons. The number of carbonyl (C=O) groups excluding carboxylic acids is 2. The molecule has 0 saturated carbocycles. The largest absolute Gasteiger partial charge is 0.324 e. The smallest absolute Gasteiger partial charge is 0.275 e. The highest BCUT2D eigenvalue weighted by Crippen LogP contribution is 2.22. The van der Waals surface area contributed by atoms with E-state index in [0.29, 0.717) is 17.3 Å². The number of anilines is 2. The summed E-state index contributed by atoms with van der Waals surface area (Å²) >= 11 is 0. The zero-order valence-corrected chi connectivity index (χ0v) is 17.8. The van der Waals surface area contributed by atoms with Crippen molar-refractivity contribution >= 4 is 23.5 Å². The monoisotopic (exact) mass is 460 g/mol. The highest BCUT2D eigenvalue weighted by Gasteiger charge is 2.18. The van der Waals surface area contributed by atoms with E-state index in [1.165, 1.54) is 0 Å². The number of nitrogens with zero attached hydrogens (tertiary/aromatic N) is 3. The summed E-state index contributed by atoms with van der Waals surface area (Å²) in [5, 5.41) is 3.07. The number of aromatic nitrogens is 3. The molecule has 0 fully saturated rings. The summed E-state index contributed by atoms with van der Waals surface area (Å²) < 4.78 is 27.5. The number of pyridine rings is 1. The second-order valence-electron chi connectivity index (χ2n) is 7.17. The molecular formula is C24H18F2N6O2. The van der Waals surface area contributed by atoms with Crippen LogP contribution < -0.4 is 16.2 Å². The van der Waals surface area contributed by atoms with Gasteiger partial charge in [-0.3, -0.25) is 25.4 Å². The van der Waals surface area contributed by atoms with Crippen LogP contribution in [0.25, 0.3) is 11.3 Å². The van der Waals surface area contributed by atoms with E-state index in [0.717, 1.165) is 29.3 Å². The highest BCUT2D eigenvalue weighted by atomic mass is 19.1. The first-order valence-corrected chi connectivity index (χ1v) is 10.1. The normalized spacial score (nSPS) is 10.4. The third-order valence-electron chi connectivity index (χ3n) is 4.84. The molecule has 0 spiro atoms. The number of halogens is 2. The molecule has 0 aliphatic rings. The van der Waals surface area contributed by atoms with Gasteiger partial charge < -0.3 is 5.32 Å². The van der Waals surface area contributed by atoms with Crippen LogP contribution in [0.1, 0.15) is 26.3 Å². The molecule has 4 rings (SSSR count). The fourth-order valence-corrected chi connectivity index (χ4v) is 3.08. The van der Waals surface area contributed by atoms with Crippen LogP contribution in [0, 0.1) is 18.6 Å². The van der Waals surface area contributed by atoms with Crippen molar-refractivity contribution in [2.75, 3.05) is 5.32 Å². The van der Waals surface area contributed by atoms with Gasteiger partial charge in [-0.1, -0.05) is 12.1 Å². The number of nitrogens with one attached hydrogen (secondary N) is 3. The van der Waals surface area contributed by atoms with Gasteiger partial charge in [0.05, 0.1) is 5.69 Å². The number of hydrazine groups is 1. The molecule has 10 heteroatoms. The Morgan fingerprint density at radius 3 is 2.38 bits per heavy atom. The second kappa shape index (κ2) is 9.82. The molecule has 0 atom stereocenters. The summed E-state index contributed by atoms with van der Waals surface area (Å²) in [4.78, 5) is 37.4. The summed E-state index contributed by atoms with van der Waals surface area (Å²) in [6.45, 7) is 1.83. The minimum atomic E-state index is -1.12. The maximum atomic E-state index is 13.8. The van der Waals surface area contributed by atoms with Crippen molar-refractivity contribution in [3.63, 3.8) is 0 Å². The average Bonchev–Trinajstić information content (AvgIpc) is 2.84. The van der Waals surface area contributed by atoms with Crippen LogP contribution in [0.4, 0.5) is 20.4 Å². The first-order valence-electron chi connectivity index (χ1n) is 10.1. The number of benzene rings is 2. The fraction of sp³-hybridized carbons (Fsp3) is 0.0417. The molecule has 0 bridgehead atoms. The van der Waals surface area contributed by atoms with Crippen LogP contribution in [-0.2, 0) is 0 Å². The van der Waals surface area contributed by atoms with Gasteiger partial charge in [0.25, 0.3) is 11.8 Å². The molecule has 0 aliphatic carbocycles. The lowest BCUT2D eigenvalue weighted by Gasteiger charge is -2.12. The molecule has 2 aromatic carbocycles. The van der Waals surface area contributed by atoms with Crippen LogP contribution in [-0.4, -0.2) is 26.8 Å². The third-order valence-corrected chi connectivity index (χ3v) is 4.84. The molecule has 0 unspecified atom stereocenters. The van der Waals surface area contributed by atoms with Crippen molar-refractivity contribution in [1.29, 1.82) is 0 Å². The molecule has 3 N–H and O–H groups in total. The van der Waals surface area contributed by atoms with Gasteiger partial charge in [-0.05, 0) is 55.0 Å². The van der Waals surface area contributed by atoms with Gasteiger partial charge >= 0.3 is 0 Å². The van der Waals surface area contributed by atoms with E-state index < -0.39 is 29.0 Å². The molecule has 34 heavy (non-hydrogen) atoms. The predicted octanol–water partition coefficient (Wildman–Crippen LogP) is 3.94. The molecule has 0 saturated heterocycles. The quantitative estimate of drug-likeness (QED) is 0.389. The first kappa shape index (κ1) is 22.5. The number of aryl methyl sites for hydroxylation is 1. The molecule has 4 aromatic rings. The lowest BCUT2D eigenvalue weighted by Crippen LogP contribution is -2.42. The fourth-order valence-electron chi connectivity index (χ4n) is 3.08. The Balaban J connectivity index is 1.48. The second-order valence-corrected chi connectivity index (χ2v) is 7.17. The first-order chi connectivity index (χ1) is 16.4. The van der Waals surface area contributed by atoms with Crippen LogP contribution in [0.3, 0.4) is 0 Å². The van der Waals surface area contributed by atoms with Gasteiger partial charge in [0.1, 0.15) is 17.2 Å². The minimum Gasteiger partial charge on any atom is -0.324 e. The number of amides is 2. The van der Waals surface area contributed by atoms with Gasteiger partial charge in [0.2, 0.25) is 5.95 Å². The topological polar surface area (TPSA) is 109 Å². The third kappa shape index (κ3) is 5.01. The van der Waals surface area contributed by atoms with E-state index in [9.17, 15) is 18.4 Å². The van der Waals surface area contributed by atoms with Crippen LogP contribution in [0.2, 0.25) is 0 Å². The molecule has 2 heterocycles. The Labute approximate surface area is 193 Å². The van der Waals surface area contributed by atoms with Crippen molar-refractivity contribution in [2.24, 2.45) is 0 Å². The summed E-state index contributed by atoms with van der Waals surface area (Å²) in [6, 6.07) is 13.2. The number of rotatable bonds is 5. The Morgan fingerprint density at radius 2 is 1.65 bits per heavy atom. The molecule has 2 amide bonds. The Morgan fingerprint density at radius 1 is 0.882 bits per heavy atom. The van der Waals surface area contributed by atoms with E-state index >= 15 is 0 Å². The van der Waals surface area contributed by atoms with Gasteiger partial charge in [0.15, 0.2) is 0 Å². The average molecular weight is 460 g/mol. The Bertz CT molecular complexity index is 1340. The Hall–Kier alpha value is -4.73. The minimum absolute atomic E-state index is 0.186. The Kier molecular flexibility index (Phi) is 6.49. The van der Waals surface area contributed by atoms with E-state index in [2.05, 4.69) is 25.7 Å². The summed E-state index contributed by atoms with van der Waals surface area (Å²) in [7, 11) is 0. The van der Waals surface area contributed by atoms with Crippen molar-refractivity contribution in [3.05, 3.63) is 102 Å². The zero-order valence-electron chi connectivity index (χ0n) is 17.8. The SMILES string of the molecule is Cc1ccc(C(=O)NNC(=O)c2c(F)cccc2F)cc1Nc1nccc(-c2cccnc2)n1. The van der Waals surface area contributed by atoms with Crippen LogP contribution >= 0.6 is 0 Å². The number of carbonyl (C=O) groups is 2. The predicted molar refractivity (Wildman–Crippen MR) is 121 cm³/mol. The van der Waals surface area contributed by atoms with E-state index in [1.54, 1.807) is 48.9 Å². The van der Waals surface area contributed by atoms with E-state index in [1.807, 2.05) is 18.4 Å². The maximum Gasteiger partial charge on any atom is 0.275 e. The lowest BCUT2D eigenvalue weighted by atomic mass is 10.1. The van der Waals surface area contributed by atoms with Gasteiger partial charge in [0, 0.05) is 35.4 Å². The number of hydrogen-bond acceptors (Lipinski definition) is 6. The standard InChI is InChI=1S/C24H18F2N6O2/c1-14-7-8-15(22(33)31-32-23(34)21-17(25)5-2-6-18(21)26)12-20(14)30-24-28-11-9-19(29-24)16-4-3-10-27-13-16/h2-13H,1H3,(H,31,33)(H,32,34)(H,28,29,30). The zero-order chi connectivity index (χ0) is 24.1. The maximum absolute atomic E-state index is 13.8. The van der Waals surface area contributed by atoms with Crippen LogP contribution in [0.15, 0.2) is 73.2 Å². The van der Waals surface area contributed by atoms with Gasteiger partial charge in [-0.2, -0.15) is 0 Å². The van der Waals surface area contributed by atoms with E-state index in [4.69, 9.17) is 0 Å². The highest BCUT2D eigenvalue weighted by molar-refractivity contribution is 5.99. The summed E-state index contributed by atoms with van der Waals surface area (Å²) in [5.41, 5.74) is 6.42. The van der Waals surface area contributed by atoms with Crippen molar-refractivity contribution in [2.45, 2.75) is 6.92 Å². The van der Waals surface area contributed by atoms with Crippen molar-refractivity contribution < 1.29 is 18.4 Å². The van der Waals surface area contributed by atoms with Crippen molar-refractivity contribution in [3.8, 4) is 11.3 Å². The molecule has 0 radical (unpaired) electrons. The van der Waals surface area contributed by atoms with Crippen LogP contribution in [0.5, 0.6) is 0 Å².